The van der Waals surface area contributed by atoms with Gasteiger partial charge < -0.3 is 4.74 Å². The van der Waals surface area contributed by atoms with Crippen molar-refractivity contribution in [3.63, 3.8) is 0 Å². The molecule has 3 aromatic rings. The first-order chi connectivity index (χ1) is 16.5. The molecule has 0 aliphatic carbocycles. The number of piperazine rings is 1. The zero-order chi connectivity index (χ0) is 23.9. The third-order valence-corrected chi connectivity index (χ3v) is 5.76. The van der Waals surface area contributed by atoms with Gasteiger partial charge in [-0.05, 0) is 28.8 Å². The highest BCUT2D eigenvalue weighted by molar-refractivity contribution is 6.12. The summed E-state index contributed by atoms with van der Waals surface area (Å²) in [4.78, 5) is 42.5. The van der Waals surface area contributed by atoms with E-state index >= 15 is 0 Å². The number of esters is 1. The number of ether oxygens (including phenoxy) is 1. The molecule has 0 radical (unpaired) electrons. The quantitative estimate of drug-likeness (QED) is 0.309. The van der Waals surface area contributed by atoms with Crippen LogP contribution in [0, 0.1) is 0 Å². The van der Waals surface area contributed by atoms with Crippen molar-refractivity contribution in [2.45, 2.75) is 12.6 Å². The van der Waals surface area contributed by atoms with Gasteiger partial charge in [0, 0.05) is 25.2 Å². The maximum Gasteiger partial charge on any atom is 0.333 e. The summed E-state index contributed by atoms with van der Waals surface area (Å²) in [5.74, 6) is -1.69. The van der Waals surface area contributed by atoms with Crippen molar-refractivity contribution in [1.82, 2.24) is 9.80 Å². The summed E-state index contributed by atoms with van der Waals surface area (Å²) >= 11 is 0. The van der Waals surface area contributed by atoms with Crippen LogP contribution in [0.1, 0.15) is 21.5 Å². The van der Waals surface area contributed by atoms with Gasteiger partial charge in [0.2, 0.25) is 0 Å². The molecule has 1 unspecified atom stereocenters. The highest BCUT2D eigenvalue weighted by Crippen LogP contribution is 2.20. The summed E-state index contributed by atoms with van der Waals surface area (Å²) in [6.45, 7) is 4.89. The van der Waals surface area contributed by atoms with E-state index in [1.807, 2.05) is 60.7 Å². The maximum atomic E-state index is 13.4. The van der Waals surface area contributed by atoms with Crippen molar-refractivity contribution in [2.75, 3.05) is 19.7 Å². The Kier molecular flexibility index (Phi) is 7.30. The highest BCUT2D eigenvalue weighted by atomic mass is 16.5. The predicted molar refractivity (Wildman–Crippen MR) is 130 cm³/mol. The molecule has 1 heterocycles. The van der Waals surface area contributed by atoms with Crippen LogP contribution in [0.25, 0.3) is 5.57 Å². The zero-order valence-electron chi connectivity index (χ0n) is 18.8. The number of nitrogens with zero attached hydrogens (tertiary/aromatic N) is 2. The Morgan fingerprint density at radius 3 is 2.00 bits per heavy atom. The van der Waals surface area contributed by atoms with E-state index in [1.54, 1.807) is 35.2 Å². The van der Waals surface area contributed by atoms with Gasteiger partial charge in [0.05, 0.1) is 0 Å². The van der Waals surface area contributed by atoms with Crippen LogP contribution in [0.5, 0.6) is 0 Å². The molecule has 0 spiro atoms. The van der Waals surface area contributed by atoms with Crippen molar-refractivity contribution in [3.05, 3.63) is 114 Å². The number of rotatable bonds is 7. The second-order valence-corrected chi connectivity index (χ2v) is 8.10. The Balaban J connectivity index is 1.53. The molecule has 6 heteroatoms. The summed E-state index contributed by atoms with van der Waals surface area (Å²) < 4.78 is 5.53. The minimum absolute atomic E-state index is 0.0432. The van der Waals surface area contributed by atoms with Crippen molar-refractivity contribution >= 4 is 23.4 Å². The Morgan fingerprint density at radius 1 is 0.824 bits per heavy atom. The maximum absolute atomic E-state index is 13.4. The summed E-state index contributed by atoms with van der Waals surface area (Å²) in [6.07, 6.45) is 0. The number of amides is 2. The summed E-state index contributed by atoms with van der Waals surface area (Å²) in [5.41, 5.74) is 2.85. The van der Waals surface area contributed by atoms with E-state index < -0.39 is 23.8 Å². The molecule has 4 rings (SSSR count). The molecular weight excluding hydrogens is 428 g/mol. The number of imide groups is 1. The molecule has 3 aromatic carbocycles. The number of benzene rings is 3. The molecule has 6 nitrogen and oxygen atoms in total. The average Bonchev–Trinajstić information content (AvgIpc) is 2.88. The van der Waals surface area contributed by atoms with E-state index in [2.05, 4.69) is 6.58 Å². The van der Waals surface area contributed by atoms with Gasteiger partial charge in [-0.2, -0.15) is 0 Å². The van der Waals surface area contributed by atoms with Gasteiger partial charge in [-0.15, -0.1) is 0 Å². The molecule has 1 aliphatic heterocycles. The normalized spacial score (nSPS) is 16.2. The Morgan fingerprint density at radius 2 is 1.38 bits per heavy atom. The lowest BCUT2D eigenvalue weighted by Gasteiger charge is -2.38. The van der Waals surface area contributed by atoms with Gasteiger partial charge >= 0.3 is 5.97 Å². The van der Waals surface area contributed by atoms with Crippen LogP contribution in [0.3, 0.4) is 0 Å². The van der Waals surface area contributed by atoms with E-state index in [9.17, 15) is 14.4 Å². The second-order valence-electron chi connectivity index (χ2n) is 8.10. The molecule has 0 bridgehead atoms. The van der Waals surface area contributed by atoms with Crippen molar-refractivity contribution in [3.8, 4) is 0 Å². The van der Waals surface area contributed by atoms with Crippen LogP contribution in [-0.4, -0.2) is 53.3 Å². The van der Waals surface area contributed by atoms with Crippen LogP contribution in [-0.2, 0) is 20.9 Å². The fourth-order valence-corrected chi connectivity index (χ4v) is 3.94. The highest BCUT2D eigenvalue weighted by Gasteiger charge is 2.43. The third kappa shape index (κ3) is 5.30. The van der Waals surface area contributed by atoms with E-state index in [0.717, 1.165) is 16.0 Å². The largest absolute Gasteiger partial charge is 0.459 e. The summed E-state index contributed by atoms with van der Waals surface area (Å²) in [6, 6.07) is 26.4. The van der Waals surface area contributed by atoms with Crippen molar-refractivity contribution in [1.29, 1.82) is 0 Å². The molecule has 2 amide bonds. The topological polar surface area (TPSA) is 66.9 Å². The number of carbonyl (C=O) groups is 3. The van der Waals surface area contributed by atoms with Gasteiger partial charge in [0.1, 0.15) is 6.61 Å². The van der Waals surface area contributed by atoms with Gasteiger partial charge in [-0.3, -0.25) is 19.4 Å². The predicted octanol–water partition coefficient (Wildman–Crippen LogP) is 3.80. The summed E-state index contributed by atoms with van der Waals surface area (Å²) in [5, 5.41) is 0. The molecule has 0 N–H and O–H groups in total. The van der Waals surface area contributed by atoms with Crippen LogP contribution in [0.2, 0.25) is 0 Å². The monoisotopic (exact) mass is 454 g/mol. The molecule has 0 aromatic heterocycles. The fourth-order valence-electron chi connectivity index (χ4n) is 3.94. The first-order valence-corrected chi connectivity index (χ1v) is 11.1. The lowest BCUT2D eigenvalue weighted by molar-refractivity contribution is -0.159. The second kappa shape index (κ2) is 10.7. The molecule has 1 aliphatic rings. The Hall–Kier alpha value is -4.03. The van der Waals surface area contributed by atoms with E-state index in [0.29, 0.717) is 24.2 Å². The molecule has 34 heavy (non-hydrogen) atoms. The molecule has 1 saturated heterocycles. The number of carbonyl (C=O) groups excluding carboxylic acids is 3. The van der Waals surface area contributed by atoms with E-state index in [-0.39, 0.29) is 13.2 Å². The molecule has 1 fully saturated rings. The van der Waals surface area contributed by atoms with E-state index in [4.69, 9.17) is 4.74 Å². The zero-order valence-corrected chi connectivity index (χ0v) is 18.8. The third-order valence-electron chi connectivity index (χ3n) is 5.76. The number of hydrogen-bond acceptors (Lipinski definition) is 5. The van der Waals surface area contributed by atoms with Crippen LogP contribution in [0.15, 0.2) is 97.6 Å². The van der Waals surface area contributed by atoms with Gasteiger partial charge in [0.15, 0.2) is 6.04 Å². The standard InChI is InChI=1S/C28H26N2O4/c1-21(23-13-7-3-8-14-23)20-34-28(33)25-27(32)30(26(31)24-15-9-4-10-16-24)18-17-29(25)19-22-11-5-2-6-12-22/h2-16,25H,1,17-20H2. The SMILES string of the molecule is C=C(COC(=O)C1C(=O)N(C(=O)c2ccccc2)CCN1Cc1ccccc1)c1ccccc1. The molecule has 172 valence electrons. The number of hydrogen-bond donors (Lipinski definition) is 0. The van der Waals surface area contributed by atoms with Crippen molar-refractivity contribution < 1.29 is 19.1 Å². The minimum atomic E-state index is -1.22. The lowest BCUT2D eigenvalue weighted by Crippen LogP contribution is -2.61. The fraction of sp³-hybridized carbons (Fsp3) is 0.179. The smallest absolute Gasteiger partial charge is 0.333 e. The first-order valence-electron chi connectivity index (χ1n) is 11.1. The lowest BCUT2D eigenvalue weighted by atomic mass is 10.1. The first kappa shape index (κ1) is 23.1. The van der Waals surface area contributed by atoms with E-state index in [1.165, 1.54) is 0 Å². The van der Waals surface area contributed by atoms with Gasteiger partial charge in [-0.1, -0.05) is 85.4 Å². The van der Waals surface area contributed by atoms with Gasteiger partial charge in [-0.25, -0.2) is 4.79 Å². The minimum Gasteiger partial charge on any atom is -0.459 e. The Bertz CT molecular complexity index is 1160. The van der Waals surface area contributed by atoms with Crippen molar-refractivity contribution in [2.24, 2.45) is 0 Å². The summed E-state index contributed by atoms with van der Waals surface area (Å²) in [7, 11) is 0. The molecular formula is C28H26N2O4. The van der Waals surface area contributed by atoms with Crippen LogP contribution >= 0.6 is 0 Å². The van der Waals surface area contributed by atoms with Crippen LogP contribution < -0.4 is 0 Å². The Labute approximate surface area is 199 Å². The average molecular weight is 455 g/mol. The molecule has 1 atom stereocenters. The van der Waals surface area contributed by atoms with Crippen LogP contribution in [0.4, 0.5) is 0 Å². The van der Waals surface area contributed by atoms with Gasteiger partial charge in [0.25, 0.3) is 11.8 Å². The molecule has 0 saturated carbocycles.